The van der Waals surface area contributed by atoms with E-state index in [4.69, 9.17) is 23.4 Å². The van der Waals surface area contributed by atoms with Crippen molar-refractivity contribution < 1.29 is 28.2 Å². The normalized spacial score (nSPS) is 10.5. The van der Waals surface area contributed by atoms with Gasteiger partial charge in [0.25, 0.3) is 5.91 Å². The minimum atomic E-state index is -0.195. The third-order valence-electron chi connectivity index (χ3n) is 4.71. The molecule has 0 bridgehead atoms. The molecule has 0 atom stereocenters. The SMILES string of the molecule is COCCN(Cc1ccco1)C(=O)c1cc(OC)c(OCc2ccccc2)c(OC)c1. The van der Waals surface area contributed by atoms with Crippen LogP contribution in [0.25, 0.3) is 0 Å². The van der Waals surface area contributed by atoms with Crippen LogP contribution in [-0.4, -0.2) is 45.3 Å². The molecule has 7 nitrogen and oxygen atoms in total. The number of carbonyl (C=O) groups excluding carboxylic acids is 1. The summed E-state index contributed by atoms with van der Waals surface area (Å²) < 4.78 is 27.6. The third-order valence-corrected chi connectivity index (χ3v) is 4.71. The van der Waals surface area contributed by atoms with E-state index in [-0.39, 0.29) is 5.91 Å². The molecule has 0 aliphatic carbocycles. The highest BCUT2D eigenvalue weighted by molar-refractivity contribution is 5.95. The molecule has 1 aromatic heterocycles. The fourth-order valence-electron chi connectivity index (χ4n) is 3.10. The first kappa shape index (κ1) is 22.2. The topological polar surface area (TPSA) is 70.4 Å². The maximum atomic E-state index is 13.3. The standard InChI is InChI=1S/C24H27NO6/c1-27-13-11-25(16-20-10-7-12-30-20)24(26)19-14-21(28-2)23(22(15-19)29-3)31-17-18-8-5-4-6-9-18/h4-10,12,14-15H,11,13,16-17H2,1-3H3. The van der Waals surface area contributed by atoms with E-state index in [1.807, 2.05) is 36.4 Å². The summed E-state index contributed by atoms with van der Waals surface area (Å²) in [5.74, 6) is 1.78. The van der Waals surface area contributed by atoms with Crippen molar-refractivity contribution in [2.45, 2.75) is 13.2 Å². The van der Waals surface area contributed by atoms with Crippen LogP contribution in [0.5, 0.6) is 17.2 Å². The highest BCUT2D eigenvalue weighted by Crippen LogP contribution is 2.39. The van der Waals surface area contributed by atoms with Crippen LogP contribution in [0, 0.1) is 0 Å². The fourth-order valence-corrected chi connectivity index (χ4v) is 3.10. The van der Waals surface area contributed by atoms with E-state index >= 15 is 0 Å². The Morgan fingerprint density at radius 1 is 0.968 bits per heavy atom. The smallest absolute Gasteiger partial charge is 0.254 e. The molecule has 0 aliphatic rings. The van der Waals surface area contributed by atoms with Crippen LogP contribution >= 0.6 is 0 Å². The van der Waals surface area contributed by atoms with E-state index in [1.165, 1.54) is 14.2 Å². The van der Waals surface area contributed by atoms with Crippen LogP contribution in [-0.2, 0) is 17.9 Å². The van der Waals surface area contributed by atoms with Crippen molar-refractivity contribution in [2.75, 3.05) is 34.5 Å². The summed E-state index contributed by atoms with van der Waals surface area (Å²) >= 11 is 0. The molecule has 3 rings (SSSR count). The first-order valence-electron chi connectivity index (χ1n) is 9.89. The number of furan rings is 1. The van der Waals surface area contributed by atoms with E-state index in [0.717, 1.165) is 5.56 Å². The van der Waals surface area contributed by atoms with Crippen LogP contribution < -0.4 is 14.2 Å². The van der Waals surface area contributed by atoms with Gasteiger partial charge in [-0.1, -0.05) is 30.3 Å². The van der Waals surface area contributed by atoms with Gasteiger partial charge in [-0.2, -0.15) is 0 Å². The molecule has 0 saturated carbocycles. The molecule has 164 valence electrons. The molecule has 0 radical (unpaired) electrons. The van der Waals surface area contributed by atoms with Gasteiger partial charge >= 0.3 is 0 Å². The number of hydrogen-bond acceptors (Lipinski definition) is 6. The molecule has 0 fully saturated rings. The number of amides is 1. The van der Waals surface area contributed by atoms with Crippen molar-refractivity contribution in [3.05, 3.63) is 77.7 Å². The second-order valence-corrected chi connectivity index (χ2v) is 6.78. The van der Waals surface area contributed by atoms with Crippen LogP contribution in [0.4, 0.5) is 0 Å². The van der Waals surface area contributed by atoms with Crippen molar-refractivity contribution in [3.63, 3.8) is 0 Å². The number of nitrogens with zero attached hydrogens (tertiary/aromatic N) is 1. The first-order chi connectivity index (χ1) is 15.2. The van der Waals surface area contributed by atoms with Gasteiger partial charge in [-0.15, -0.1) is 0 Å². The van der Waals surface area contributed by atoms with E-state index in [9.17, 15) is 4.79 Å². The molecule has 1 heterocycles. The predicted molar refractivity (Wildman–Crippen MR) is 116 cm³/mol. The van der Waals surface area contributed by atoms with Crippen molar-refractivity contribution >= 4 is 5.91 Å². The average molecular weight is 425 g/mol. The van der Waals surface area contributed by atoms with Gasteiger partial charge in [0.05, 0.1) is 33.6 Å². The Morgan fingerprint density at radius 2 is 1.68 bits per heavy atom. The minimum absolute atomic E-state index is 0.195. The van der Waals surface area contributed by atoms with Gasteiger partial charge in [-0.25, -0.2) is 0 Å². The van der Waals surface area contributed by atoms with Crippen LogP contribution in [0.1, 0.15) is 21.7 Å². The molecule has 0 N–H and O–H groups in total. The lowest BCUT2D eigenvalue weighted by atomic mass is 10.1. The van der Waals surface area contributed by atoms with Gasteiger partial charge in [0, 0.05) is 19.2 Å². The summed E-state index contributed by atoms with van der Waals surface area (Å²) in [6.45, 7) is 1.48. The van der Waals surface area contributed by atoms with Crippen molar-refractivity contribution in [1.82, 2.24) is 4.90 Å². The molecule has 0 saturated heterocycles. The van der Waals surface area contributed by atoms with Crippen molar-refractivity contribution in [3.8, 4) is 17.2 Å². The summed E-state index contributed by atoms with van der Waals surface area (Å²) in [5.41, 5.74) is 1.43. The van der Waals surface area contributed by atoms with Gasteiger partial charge in [-0.05, 0) is 29.8 Å². The average Bonchev–Trinajstić information content (AvgIpc) is 3.33. The summed E-state index contributed by atoms with van der Waals surface area (Å²) in [4.78, 5) is 14.9. The lowest BCUT2D eigenvalue weighted by molar-refractivity contribution is 0.0665. The van der Waals surface area contributed by atoms with E-state index in [1.54, 1.807) is 36.5 Å². The number of rotatable bonds is 11. The second kappa shape index (κ2) is 11.1. The zero-order chi connectivity index (χ0) is 22.1. The molecule has 1 amide bonds. The molecule has 7 heteroatoms. The molecule has 31 heavy (non-hydrogen) atoms. The van der Waals surface area contributed by atoms with Gasteiger partial charge in [0.1, 0.15) is 12.4 Å². The van der Waals surface area contributed by atoms with Crippen molar-refractivity contribution in [1.29, 1.82) is 0 Å². The summed E-state index contributed by atoms with van der Waals surface area (Å²) in [7, 11) is 4.66. The zero-order valence-corrected chi connectivity index (χ0v) is 18.0. The lowest BCUT2D eigenvalue weighted by Crippen LogP contribution is -2.33. The van der Waals surface area contributed by atoms with Crippen LogP contribution in [0.3, 0.4) is 0 Å². The van der Waals surface area contributed by atoms with Gasteiger partial charge in [-0.3, -0.25) is 4.79 Å². The summed E-state index contributed by atoms with van der Waals surface area (Å²) in [6.07, 6.45) is 1.58. The minimum Gasteiger partial charge on any atom is -0.493 e. The number of methoxy groups -OCH3 is 3. The van der Waals surface area contributed by atoms with E-state index < -0.39 is 0 Å². The lowest BCUT2D eigenvalue weighted by Gasteiger charge is -2.23. The van der Waals surface area contributed by atoms with Gasteiger partial charge < -0.3 is 28.3 Å². The maximum Gasteiger partial charge on any atom is 0.254 e. The Labute approximate surface area is 182 Å². The molecular weight excluding hydrogens is 398 g/mol. The van der Waals surface area contributed by atoms with Gasteiger partial charge in [0.15, 0.2) is 11.5 Å². The number of benzene rings is 2. The Balaban J connectivity index is 1.86. The Kier molecular flexibility index (Phi) is 7.95. The number of carbonyl (C=O) groups is 1. The Hall–Kier alpha value is -3.45. The quantitative estimate of drug-likeness (QED) is 0.459. The molecule has 0 unspecified atom stereocenters. The molecule has 0 spiro atoms. The Morgan fingerprint density at radius 3 is 2.26 bits per heavy atom. The largest absolute Gasteiger partial charge is 0.493 e. The van der Waals surface area contributed by atoms with E-state index in [2.05, 4.69) is 0 Å². The monoisotopic (exact) mass is 425 g/mol. The zero-order valence-electron chi connectivity index (χ0n) is 18.0. The number of ether oxygens (including phenoxy) is 4. The molecule has 3 aromatic rings. The third kappa shape index (κ3) is 5.79. The predicted octanol–water partition coefficient (Wildman–Crippen LogP) is 4.16. The van der Waals surface area contributed by atoms with Crippen molar-refractivity contribution in [2.24, 2.45) is 0 Å². The Bertz CT molecular complexity index is 930. The fraction of sp³-hybridized carbons (Fsp3) is 0.292. The van der Waals surface area contributed by atoms with Crippen LogP contribution in [0.2, 0.25) is 0 Å². The van der Waals surface area contributed by atoms with Crippen LogP contribution in [0.15, 0.2) is 65.3 Å². The second-order valence-electron chi connectivity index (χ2n) is 6.78. The first-order valence-corrected chi connectivity index (χ1v) is 9.89. The maximum absolute atomic E-state index is 13.3. The summed E-state index contributed by atoms with van der Waals surface area (Å²) in [5, 5.41) is 0. The highest BCUT2D eigenvalue weighted by Gasteiger charge is 2.22. The molecule has 2 aromatic carbocycles. The highest BCUT2D eigenvalue weighted by atomic mass is 16.5. The molecular formula is C24H27NO6. The number of hydrogen-bond donors (Lipinski definition) is 0. The molecule has 0 aliphatic heterocycles. The summed E-state index contributed by atoms with van der Waals surface area (Å²) in [6, 6.07) is 16.7. The van der Waals surface area contributed by atoms with E-state index in [0.29, 0.717) is 54.9 Å². The van der Waals surface area contributed by atoms with Gasteiger partial charge in [0.2, 0.25) is 5.75 Å².